The van der Waals surface area contributed by atoms with Gasteiger partial charge in [0.05, 0.1) is 22.1 Å². The van der Waals surface area contributed by atoms with Gasteiger partial charge in [0.2, 0.25) is 0 Å². The zero-order valence-corrected chi connectivity index (χ0v) is 19.9. The van der Waals surface area contributed by atoms with Gasteiger partial charge in [-0.3, -0.25) is 14.5 Å². The van der Waals surface area contributed by atoms with Crippen LogP contribution in [0.1, 0.15) is 0 Å². The summed E-state index contributed by atoms with van der Waals surface area (Å²) < 4.78 is 4.79. The van der Waals surface area contributed by atoms with E-state index in [1.54, 1.807) is 0 Å². The number of thiophene rings is 1. The van der Waals surface area contributed by atoms with Crippen LogP contribution in [0.25, 0.3) is 70.0 Å². The Kier molecular flexibility index (Phi) is 4.07. The SMILES string of the molecule is c1ccc(-c2cnc3c4cc5c(cc4n(-c4cc6ncccc6cn4)c3c2)sc2ccccc25)cc1. The molecule has 0 saturated carbocycles. The van der Waals surface area contributed by atoms with E-state index < -0.39 is 0 Å². The first-order chi connectivity index (χ1) is 17.8. The van der Waals surface area contributed by atoms with Crippen LogP contribution in [0.5, 0.6) is 0 Å². The first-order valence-electron chi connectivity index (χ1n) is 11.9. The minimum absolute atomic E-state index is 0.841. The van der Waals surface area contributed by atoms with Gasteiger partial charge in [-0.1, -0.05) is 48.5 Å². The molecular weight excluding hydrogens is 460 g/mol. The van der Waals surface area contributed by atoms with Crippen molar-refractivity contribution in [1.82, 2.24) is 19.5 Å². The average molecular weight is 479 g/mol. The third kappa shape index (κ3) is 2.84. The largest absolute Gasteiger partial charge is 0.292 e. The molecule has 5 heterocycles. The van der Waals surface area contributed by atoms with Gasteiger partial charge >= 0.3 is 0 Å². The van der Waals surface area contributed by atoms with Crippen molar-refractivity contribution in [3.05, 3.63) is 110 Å². The van der Waals surface area contributed by atoms with E-state index in [1.165, 1.54) is 20.2 Å². The van der Waals surface area contributed by atoms with Crippen LogP contribution in [0.4, 0.5) is 0 Å². The van der Waals surface area contributed by atoms with E-state index >= 15 is 0 Å². The van der Waals surface area contributed by atoms with E-state index in [4.69, 9.17) is 9.97 Å². The molecular formula is C31H18N4S. The second-order valence-corrected chi connectivity index (χ2v) is 10.1. The van der Waals surface area contributed by atoms with E-state index in [-0.39, 0.29) is 0 Å². The number of benzene rings is 3. The van der Waals surface area contributed by atoms with Gasteiger partial charge < -0.3 is 0 Å². The van der Waals surface area contributed by atoms with Gasteiger partial charge in [-0.05, 0) is 42.0 Å². The first-order valence-corrected chi connectivity index (χ1v) is 12.7. The molecule has 3 aromatic carbocycles. The van der Waals surface area contributed by atoms with Crippen molar-refractivity contribution in [1.29, 1.82) is 0 Å². The Morgan fingerprint density at radius 3 is 2.42 bits per heavy atom. The summed E-state index contributed by atoms with van der Waals surface area (Å²) in [6.45, 7) is 0. The van der Waals surface area contributed by atoms with Gasteiger partial charge in [-0.15, -0.1) is 11.3 Å². The average Bonchev–Trinajstić information content (AvgIpc) is 3.46. The molecule has 8 aromatic rings. The minimum Gasteiger partial charge on any atom is -0.292 e. The maximum absolute atomic E-state index is 5.00. The highest BCUT2D eigenvalue weighted by molar-refractivity contribution is 7.25. The summed E-state index contributed by atoms with van der Waals surface area (Å²) in [7, 11) is 0. The summed E-state index contributed by atoms with van der Waals surface area (Å²) in [6, 6.07) is 31.9. The highest BCUT2D eigenvalue weighted by Crippen LogP contribution is 2.40. The Morgan fingerprint density at radius 2 is 1.47 bits per heavy atom. The minimum atomic E-state index is 0.841. The van der Waals surface area contributed by atoms with Crippen LogP contribution >= 0.6 is 11.3 Å². The summed E-state index contributed by atoms with van der Waals surface area (Å²) in [5, 5.41) is 4.71. The molecule has 0 aliphatic heterocycles. The fourth-order valence-electron chi connectivity index (χ4n) is 5.21. The molecule has 5 aromatic heterocycles. The molecule has 0 saturated heterocycles. The third-order valence-corrected chi connectivity index (χ3v) is 8.04. The fourth-order valence-corrected chi connectivity index (χ4v) is 6.33. The van der Waals surface area contributed by atoms with Gasteiger partial charge in [0.15, 0.2) is 0 Å². The second-order valence-electron chi connectivity index (χ2n) is 9.00. The molecule has 0 fully saturated rings. The standard InChI is InChI=1S/C31H18N4S/c1-2-7-19(8-3-1)21-13-27-31(34-18-21)24-14-23-22-10-4-5-11-28(22)36-29(23)16-26(24)35(27)30-15-25-20(17-33-30)9-6-12-32-25/h1-18H. The maximum Gasteiger partial charge on any atom is 0.139 e. The Morgan fingerprint density at radius 1 is 0.583 bits per heavy atom. The predicted octanol–water partition coefficient (Wildman–Crippen LogP) is 8.16. The Balaban J connectivity index is 1.51. The van der Waals surface area contributed by atoms with Gasteiger partial charge in [0.25, 0.3) is 0 Å². The van der Waals surface area contributed by atoms with Crippen LogP contribution in [0.2, 0.25) is 0 Å². The Hall–Kier alpha value is -4.61. The topological polar surface area (TPSA) is 43.6 Å². The van der Waals surface area contributed by atoms with E-state index in [1.807, 2.05) is 48.1 Å². The van der Waals surface area contributed by atoms with Crippen molar-refractivity contribution < 1.29 is 0 Å². The molecule has 0 aliphatic rings. The lowest BCUT2D eigenvalue weighted by molar-refractivity contribution is 1.09. The summed E-state index contributed by atoms with van der Waals surface area (Å²) in [5.41, 5.74) is 6.26. The summed E-state index contributed by atoms with van der Waals surface area (Å²) in [6.07, 6.45) is 5.71. The van der Waals surface area contributed by atoms with Crippen molar-refractivity contribution in [2.75, 3.05) is 0 Å². The lowest BCUT2D eigenvalue weighted by Crippen LogP contribution is -1.98. The number of hydrogen-bond donors (Lipinski definition) is 0. The zero-order valence-electron chi connectivity index (χ0n) is 19.1. The fraction of sp³-hybridized carbons (Fsp3) is 0. The lowest BCUT2D eigenvalue weighted by atomic mass is 10.1. The number of aromatic nitrogens is 4. The van der Waals surface area contributed by atoms with Crippen molar-refractivity contribution in [2.24, 2.45) is 0 Å². The van der Waals surface area contributed by atoms with Crippen LogP contribution in [-0.2, 0) is 0 Å². The van der Waals surface area contributed by atoms with Gasteiger partial charge in [0.1, 0.15) is 5.82 Å². The number of nitrogens with zero attached hydrogens (tertiary/aromatic N) is 4. The predicted molar refractivity (Wildman–Crippen MR) is 150 cm³/mol. The van der Waals surface area contributed by atoms with E-state index in [0.29, 0.717) is 0 Å². The summed E-state index contributed by atoms with van der Waals surface area (Å²) in [4.78, 5) is 14.5. The molecule has 36 heavy (non-hydrogen) atoms. The van der Waals surface area contributed by atoms with E-state index in [9.17, 15) is 0 Å². The van der Waals surface area contributed by atoms with Gasteiger partial charge in [0, 0.05) is 61.2 Å². The molecule has 0 spiro atoms. The molecule has 0 unspecified atom stereocenters. The number of hydrogen-bond acceptors (Lipinski definition) is 4. The second kappa shape index (κ2) is 7.44. The molecule has 0 radical (unpaired) electrons. The quantitative estimate of drug-likeness (QED) is 0.252. The van der Waals surface area contributed by atoms with Crippen molar-refractivity contribution in [2.45, 2.75) is 0 Å². The normalized spacial score (nSPS) is 11.9. The van der Waals surface area contributed by atoms with Gasteiger partial charge in [-0.25, -0.2) is 4.98 Å². The highest BCUT2D eigenvalue weighted by atomic mass is 32.1. The number of fused-ring (bicyclic) bond motifs is 7. The molecule has 168 valence electrons. The summed E-state index contributed by atoms with van der Waals surface area (Å²) >= 11 is 1.83. The van der Waals surface area contributed by atoms with Crippen LogP contribution in [0, 0.1) is 0 Å². The van der Waals surface area contributed by atoms with E-state index in [2.05, 4.69) is 82.3 Å². The van der Waals surface area contributed by atoms with Crippen LogP contribution in [0.3, 0.4) is 0 Å². The van der Waals surface area contributed by atoms with Crippen molar-refractivity contribution >= 4 is 64.3 Å². The lowest BCUT2D eigenvalue weighted by Gasteiger charge is -2.09. The molecule has 0 amide bonds. The van der Waals surface area contributed by atoms with Crippen molar-refractivity contribution in [3.63, 3.8) is 0 Å². The highest BCUT2D eigenvalue weighted by Gasteiger charge is 2.18. The smallest absolute Gasteiger partial charge is 0.139 e. The molecule has 4 nitrogen and oxygen atoms in total. The maximum atomic E-state index is 5.00. The first kappa shape index (κ1) is 19.7. The molecule has 0 N–H and O–H groups in total. The number of pyridine rings is 3. The molecule has 0 aliphatic carbocycles. The van der Waals surface area contributed by atoms with Crippen molar-refractivity contribution in [3.8, 4) is 16.9 Å². The van der Waals surface area contributed by atoms with Crippen LogP contribution < -0.4 is 0 Å². The van der Waals surface area contributed by atoms with Crippen LogP contribution in [-0.4, -0.2) is 19.5 Å². The number of rotatable bonds is 2. The molecule has 0 atom stereocenters. The molecule has 8 rings (SSSR count). The molecule has 5 heteroatoms. The molecule has 0 bridgehead atoms. The Bertz CT molecular complexity index is 2100. The Labute approximate surface area is 210 Å². The van der Waals surface area contributed by atoms with Crippen LogP contribution in [0.15, 0.2) is 110 Å². The summed E-state index contributed by atoms with van der Waals surface area (Å²) in [5.74, 6) is 0.841. The zero-order chi connectivity index (χ0) is 23.6. The van der Waals surface area contributed by atoms with E-state index in [0.717, 1.165) is 49.8 Å². The van der Waals surface area contributed by atoms with Gasteiger partial charge in [-0.2, -0.15) is 0 Å². The monoisotopic (exact) mass is 478 g/mol. The third-order valence-electron chi connectivity index (χ3n) is 6.91.